The number of aromatic nitrogens is 2. The van der Waals surface area contributed by atoms with E-state index in [2.05, 4.69) is 12.2 Å². The lowest BCUT2D eigenvalue weighted by molar-refractivity contribution is -0.113. The summed E-state index contributed by atoms with van der Waals surface area (Å²) < 4.78 is 6.85. The van der Waals surface area contributed by atoms with Gasteiger partial charge in [0, 0.05) is 5.69 Å². The van der Waals surface area contributed by atoms with Gasteiger partial charge in [0.1, 0.15) is 5.75 Å². The van der Waals surface area contributed by atoms with E-state index in [1.54, 1.807) is 17.7 Å². The molecule has 0 aliphatic carbocycles. The topological polar surface area (TPSA) is 73.2 Å². The van der Waals surface area contributed by atoms with Crippen LogP contribution in [0.15, 0.2) is 82.7 Å². The zero-order valence-electron chi connectivity index (χ0n) is 18.6. The smallest absolute Gasteiger partial charge is 0.262 e. The fraction of sp³-hybridized carbons (Fsp3) is 0.192. The highest BCUT2D eigenvalue weighted by atomic mass is 32.2. The molecule has 1 amide bonds. The third kappa shape index (κ3) is 5.26. The number of thioether (sulfide) groups is 1. The first kappa shape index (κ1) is 22.6. The van der Waals surface area contributed by atoms with Crippen molar-refractivity contribution in [1.82, 2.24) is 9.55 Å². The van der Waals surface area contributed by atoms with Crippen LogP contribution in [0, 0.1) is 0 Å². The molecule has 3 aromatic carbocycles. The van der Waals surface area contributed by atoms with Crippen LogP contribution in [0.1, 0.15) is 18.1 Å². The summed E-state index contributed by atoms with van der Waals surface area (Å²) in [4.78, 5) is 30.7. The summed E-state index contributed by atoms with van der Waals surface area (Å²) >= 11 is 1.26. The van der Waals surface area contributed by atoms with Gasteiger partial charge >= 0.3 is 0 Å². The molecule has 0 saturated heterocycles. The van der Waals surface area contributed by atoms with Gasteiger partial charge in [-0.3, -0.25) is 14.2 Å². The van der Waals surface area contributed by atoms with E-state index >= 15 is 0 Å². The molecule has 1 aromatic heterocycles. The quantitative estimate of drug-likeness (QED) is 0.304. The molecule has 1 N–H and O–H groups in total. The zero-order valence-corrected chi connectivity index (χ0v) is 19.4. The Morgan fingerprint density at radius 1 is 1.03 bits per heavy atom. The molecule has 7 heteroatoms. The second-order valence-electron chi connectivity index (χ2n) is 7.50. The fourth-order valence-corrected chi connectivity index (χ4v) is 4.38. The molecular weight excluding hydrogens is 434 g/mol. The molecule has 0 bridgehead atoms. The van der Waals surface area contributed by atoms with Crippen LogP contribution in [0.3, 0.4) is 0 Å². The molecule has 33 heavy (non-hydrogen) atoms. The van der Waals surface area contributed by atoms with Crippen molar-refractivity contribution in [2.75, 3.05) is 18.2 Å². The first-order chi connectivity index (χ1) is 16.1. The van der Waals surface area contributed by atoms with E-state index in [0.717, 1.165) is 29.0 Å². The van der Waals surface area contributed by atoms with Gasteiger partial charge in [0.15, 0.2) is 5.16 Å². The standard InChI is InChI=1S/C26H25N3O3S/c1-3-19-8-4-6-10-22(19)27-24(30)17-33-26-28-23-11-7-5-9-21(23)25(31)29(26)16-18-12-14-20(32-2)15-13-18/h4-15H,3,16-17H2,1-2H3,(H,27,30). The van der Waals surface area contributed by atoms with Crippen LogP contribution in [-0.2, 0) is 17.8 Å². The highest BCUT2D eigenvalue weighted by molar-refractivity contribution is 7.99. The Morgan fingerprint density at radius 3 is 2.52 bits per heavy atom. The molecule has 0 fully saturated rings. The van der Waals surface area contributed by atoms with E-state index in [1.807, 2.05) is 66.7 Å². The molecule has 0 atom stereocenters. The number of fused-ring (bicyclic) bond motifs is 1. The van der Waals surface area contributed by atoms with Crippen LogP contribution in [0.2, 0.25) is 0 Å². The van der Waals surface area contributed by atoms with Crippen molar-refractivity contribution in [2.45, 2.75) is 25.0 Å². The average Bonchev–Trinajstić information content (AvgIpc) is 2.85. The number of methoxy groups -OCH3 is 1. The molecular formula is C26H25N3O3S. The van der Waals surface area contributed by atoms with Crippen LogP contribution < -0.4 is 15.6 Å². The highest BCUT2D eigenvalue weighted by Gasteiger charge is 2.14. The number of carbonyl (C=O) groups is 1. The Hall–Kier alpha value is -3.58. The van der Waals surface area contributed by atoms with Gasteiger partial charge in [0.05, 0.1) is 30.3 Å². The molecule has 1 heterocycles. The minimum absolute atomic E-state index is 0.129. The predicted octanol–water partition coefficient (Wildman–Crippen LogP) is 4.75. The number of anilines is 1. The summed E-state index contributed by atoms with van der Waals surface area (Å²) in [5.41, 5.74) is 3.32. The third-order valence-electron chi connectivity index (χ3n) is 5.33. The minimum Gasteiger partial charge on any atom is -0.497 e. The van der Waals surface area contributed by atoms with Gasteiger partial charge in [0.25, 0.3) is 5.56 Å². The summed E-state index contributed by atoms with van der Waals surface area (Å²) in [6.07, 6.45) is 0.831. The van der Waals surface area contributed by atoms with Gasteiger partial charge in [-0.25, -0.2) is 4.98 Å². The second-order valence-corrected chi connectivity index (χ2v) is 8.44. The predicted molar refractivity (Wildman–Crippen MR) is 133 cm³/mol. The maximum atomic E-state index is 13.3. The van der Waals surface area contributed by atoms with E-state index in [0.29, 0.717) is 22.6 Å². The van der Waals surface area contributed by atoms with Crippen molar-refractivity contribution in [2.24, 2.45) is 0 Å². The average molecular weight is 460 g/mol. The molecule has 0 saturated carbocycles. The van der Waals surface area contributed by atoms with Gasteiger partial charge in [-0.2, -0.15) is 0 Å². The zero-order chi connectivity index (χ0) is 23.2. The Labute approximate surface area is 196 Å². The monoisotopic (exact) mass is 459 g/mol. The normalized spacial score (nSPS) is 10.8. The van der Waals surface area contributed by atoms with Gasteiger partial charge < -0.3 is 10.1 Å². The molecule has 0 unspecified atom stereocenters. The summed E-state index contributed by atoms with van der Waals surface area (Å²) in [5.74, 6) is 0.756. The first-order valence-corrected chi connectivity index (χ1v) is 11.7. The fourth-order valence-electron chi connectivity index (χ4n) is 3.58. The number of ether oxygens (including phenoxy) is 1. The number of nitrogens with one attached hydrogen (secondary N) is 1. The first-order valence-electron chi connectivity index (χ1n) is 10.7. The Balaban J connectivity index is 1.60. The summed E-state index contributed by atoms with van der Waals surface area (Å²) in [7, 11) is 1.62. The molecule has 4 aromatic rings. The lowest BCUT2D eigenvalue weighted by Gasteiger charge is -2.14. The van der Waals surface area contributed by atoms with E-state index in [9.17, 15) is 9.59 Å². The van der Waals surface area contributed by atoms with E-state index in [-0.39, 0.29) is 17.2 Å². The molecule has 0 radical (unpaired) electrons. The number of amides is 1. The van der Waals surface area contributed by atoms with E-state index in [4.69, 9.17) is 9.72 Å². The van der Waals surface area contributed by atoms with Crippen molar-refractivity contribution in [1.29, 1.82) is 0 Å². The number of nitrogens with zero attached hydrogens (tertiary/aromatic N) is 2. The van der Waals surface area contributed by atoms with Crippen molar-refractivity contribution in [3.8, 4) is 5.75 Å². The van der Waals surface area contributed by atoms with Crippen molar-refractivity contribution in [3.05, 3.63) is 94.3 Å². The van der Waals surface area contributed by atoms with Gasteiger partial charge in [-0.05, 0) is 47.9 Å². The van der Waals surface area contributed by atoms with Crippen molar-refractivity contribution in [3.63, 3.8) is 0 Å². The molecule has 0 aliphatic rings. The Bertz CT molecular complexity index is 1330. The van der Waals surface area contributed by atoms with Crippen LogP contribution in [0.5, 0.6) is 5.75 Å². The molecule has 0 spiro atoms. The number of aryl methyl sites for hydroxylation is 1. The molecule has 4 rings (SSSR count). The number of rotatable bonds is 8. The largest absolute Gasteiger partial charge is 0.497 e. The highest BCUT2D eigenvalue weighted by Crippen LogP contribution is 2.21. The number of para-hydroxylation sites is 2. The third-order valence-corrected chi connectivity index (χ3v) is 6.31. The Kier molecular flexibility index (Phi) is 7.10. The lowest BCUT2D eigenvalue weighted by atomic mass is 10.1. The molecule has 0 aliphatic heterocycles. The van der Waals surface area contributed by atoms with Gasteiger partial charge in [-0.15, -0.1) is 0 Å². The number of hydrogen-bond acceptors (Lipinski definition) is 5. The van der Waals surface area contributed by atoms with Crippen LogP contribution in [-0.4, -0.2) is 28.3 Å². The van der Waals surface area contributed by atoms with Crippen molar-refractivity contribution >= 4 is 34.3 Å². The number of carbonyl (C=O) groups excluding carboxylic acids is 1. The van der Waals surface area contributed by atoms with Crippen LogP contribution >= 0.6 is 11.8 Å². The van der Waals surface area contributed by atoms with Gasteiger partial charge in [-0.1, -0.05) is 61.2 Å². The summed E-state index contributed by atoms with van der Waals surface area (Å²) in [5, 5.41) is 4.04. The second kappa shape index (κ2) is 10.4. The minimum atomic E-state index is -0.140. The SMILES string of the molecule is CCc1ccccc1NC(=O)CSc1nc2ccccc2c(=O)n1Cc1ccc(OC)cc1. The number of benzene rings is 3. The molecule has 168 valence electrons. The summed E-state index contributed by atoms with van der Waals surface area (Å²) in [6, 6.07) is 22.6. The van der Waals surface area contributed by atoms with Crippen LogP contribution in [0.4, 0.5) is 5.69 Å². The lowest BCUT2D eigenvalue weighted by Crippen LogP contribution is -2.25. The number of hydrogen-bond donors (Lipinski definition) is 1. The van der Waals surface area contributed by atoms with Crippen molar-refractivity contribution < 1.29 is 9.53 Å². The van der Waals surface area contributed by atoms with Gasteiger partial charge in [0.2, 0.25) is 5.91 Å². The molecule has 6 nitrogen and oxygen atoms in total. The summed E-state index contributed by atoms with van der Waals surface area (Å²) in [6.45, 7) is 2.40. The van der Waals surface area contributed by atoms with Crippen LogP contribution in [0.25, 0.3) is 10.9 Å². The Morgan fingerprint density at radius 2 is 1.76 bits per heavy atom. The van der Waals surface area contributed by atoms with E-state index in [1.165, 1.54) is 11.8 Å². The van der Waals surface area contributed by atoms with E-state index < -0.39 is 0 Å². The maximum absolute atomic E-state index is 13.3. The maximum Gasteiger partial charge on any atom is 0.262 e.